The summed E-state index contributed by atoms with van der Waals surface area (Å²) in [6, 6.07) is 3.24. The highest BCUT2D eigenvalue weighted by molar-refractivity contribution is 6.37. The molecule has 0 heterocycles. The number of rotatable bonds is 3. The van der Waals surface area contributed by atoms with Crippen LogP contribution in [0.25, 0.3) is 0 Å². The molecule has 0 saturated heterocycles. The highest BCUT2D eigenvalue weighted by Gasteiger charge is 2.25. The van der Waals surface area contributed by atoms with Gasteiger partial charge in [-0.25, -0.2) is 0 Å². The van der Waals surface area contributed by atoms with Crippen molar-refractivity contribution in [1.29, 1.82) is 0 Å². The second-order valence-corrected chi connectivity index (χ2v) is 5.83. The van der Waals surface area contributed by atoms with Crippen LogP contribution >= 0.6 is 34.8 Å². The number of carbonyl (C=O) groups is 1. The number of hydrogen-bond acceptors (Lipinski definition) is 1. The van der Waals surface area contributed by atoms with E-state index >= 15 is 0 Å². The van der Waals surface area contributed by atoms with Gasteiger partial charge >= 0.3 is 5.97 Å². The summed E-state index contributed by atoms with van der Waals surface area (Å²) in [5.41, 5.74) is 1.37. The largest absolute Gasteiger partial charge is 0.480 e. The van der Waals surface area contributed by atoms with Gasteiger partial charge in [0.1, 0.15) is 0 Å². The summed E-state index contributed by atoms with van der Waals surface area (Å²) < 4.78 is 0. The molecule has 2 nitrogen and oxygen atoms in total. The van der Waals surface area contributed by atoms with E-state index in [9.17, 15) is 4.79 Å². The maximum atomic E-state index is 10.8. The molecule has 1 saturated carbocycles. The molecular formula is C13H13Cl3O2. The molecule has 1 atom stereocenters. The molecule has 2 rings (SSSR count). The van der Waals surface area contributed by atoms with Crippen molar-refractivity contribution in [3.8, 4) is 0 Å². The second kappa shape index (κ2) is 5.68. The maximum Gasteiger partial charge on any atom is 0.326 e. The first-order chi connectivity index (χ1) is 8.50. The monoisotopic (exact) mass is 306 g/mol. The molecular weight excluding hydrogens is 294 g/mol. The minimum atomic E-state index is -1.11. The van der Waals surface area contributed by atoms with Gasteiger partial charge in [0.2, 0.25) is 0 Å². The van der Waals surface area contributed by atoms with E-state index in [1.54, 1.807) is 12.1 Å². The standard InChI is InChI=1S/C13H13Cl3O2/c14-9-5-8(12(16)13(17)18)6-10(15)11(9)7-3-1-2-4-7/h5-7,12H,1-4H2,(H,17,18). The Bertz CT molecular complexity index is 444. The van der Waals surface area contributed by atoms with Crippen LogP contribution in [0.1, 0.15) is 48.1 Å². The first-order valence-electron chi connectivity index (χ1n) is 5.86. The quantitative estimate of drug-likeness (QED) is 0.796. The number of halogens is 3. The average molecular weight is 308 g/mol. The topological polar surface area (TPSA) is 37.3 Å². The fraction of sp³-hybridized carbons (Fsp3) is 0.462. The molecule has 5 heteroatoms. The lowest BCUT2D eigenvalue weighted by atomic mass is 9.95. The van der Waals surface area contributed by atoms with Crippen molar-refractivity contribution in [2.75, 3.05) is 0 Å². The summed E-state index contributed by atoms with van der Waals surface area (Å²) in [6.45, 7) is 0. The summed E-state index contributed by atoms with van der Waals surface area (Å²) in [5, 5.41) is 8.82. The van der Waals surface area contributed by atoms with E-state index in [0.29, 0.717) is 21.5 Å². The van der Waals surface area contributed by atoms with Gasteiger partial charge in [0, 0.05) is 10.0 Å². The number of aliphatic carboxylic acids is 1. The Labute approximate surface area is 121 Å². The Hall–Kier alpha value is -0.440. The fourth-order valence-electron chi connectivity index (χ4n) is 2.50. The fourth-order valence-corrected chi connectivity index (χ4v) is 3.44. The third kappa shape index (κ3) is 2.76. The van der Waals surface area contributed by atoms with E-state index in [1.165, 1.54) is 12.8 Å². The van der Waals surface area contributed by atoms with Gasteiger partial charge in [-0.05, 0) is 42.0 Å². The molecule has 1 aromatic rings. The van der Waals surface area contributed by atoms with Gasteiger partial charge in [-0.3, -0.25) is 4.79 Å². The number of carboxylic acids is 1. The average Bonchev–Trinajstić information content (AvgIpc) is 2.80. The Kier molecular flexibility index (Phi) is 4.41. The number of benzene rings is 1. The molecule has 0 aromatic heterocycles. The van der Waals surface area contributed by atoms with Gasteiger partial charge in [0.05, 0.1) is 0 Å². The zero-order chi connectivity index (χ0) is 13.3. The number of carboxylic acid groups (broad SMARTS) is 1. The van der Waals surface area contributed by atoms with E-state index in [2.05, 4.69) is 0 Å². The normalized spacial score (nSPS) is 17.9. The smallest absolute Gasteiger partial charge is 0.326 e. The number of hydrogen-bond donors (Lipinski definition) is 1. The Morgan fingerprint density at radius 1 is 1.22 bits per heavy atom. The minimum absolute atomic E-state index is 0.387. The Morgan fingerprint density at radius 3 is 2.17 bits per heavy atom. The van der Waals surface area contributed by atoms with E-state index in [1.807, 2.05) is 0 Å². The van der Waals surface area contributed by atoms with Crippen LogP contribution in [0.15, 0.2) is 12.1 Å². The minimum Gasteiger partial charge on any atom is -0.480 e. The van der Waals surface area contributed by atoms with E-state index in [-0.39, 0.29) is 0 Å². The molecule has 0 amide bonds. The lowest BCUT2D eigenvalue weighted by molar-refractivity contribution is -0.136. The highest BCUT2D eigenvalue weighted by atomic mass is 35.5. The summed E-state index contributed by atoms with van der Waals surface area (Å²) in [7, 11) is 0. The SMILES string of the molecule is O=C(O)C(Cl)c1cc(Cl)c(C2CCCC2)c(Cl)c1. The highest BCUT2D eigenvalue weighted by Crippen LogP contribution is 2.42. The molecule has 1 aliphatic rings. The molecule has 18 heavy (non-hydrogen) atoms. The third-order valence-corrected chi connectivity index (χ3v) is 4.44. The lowest BCUT2D eigenvalue weighted by Crippen LogP contribution is -2.06. The van der Waals surface area contributed by atoms with Crippen molar-refractivity contribution < 1.29 is 9.90 Å². The lowest BCUT2D eigenvalue weighted by Gasteiger charge is -2.16. The second-order valence-electron chi connectivity index (χ2n) is 4.58. The van der Waals surface area contributed by atoms with Crippen molar-refractivity contribution in [1.82, 2.24) is 0 Å². The Balaban J connectivity index is 2.37. The summed E-state index contributed by atoms with van der Waals surface area (Å²) in [4.78, 5) is 10.8. The molecule has 0 aliphatic heterocycles. The van der Waals surface area contributed by atoms with Gasteiger partial charge < -0.3 is 5.11 Å². The molecule has 1 unspecified atom stereocenters. The summed E-state index contributed by atoms with van der Waals surface area (Å²) in [5.74, 6) is -0.713. The van der Waals surface area contributed by atoms with Crippen LogP contribution in [0.4, 0.5) is 0 Å². The van der Waals surface area contributed by atoms with Gasteiger partial charge in [0.15, 0.2) is 5.38 Å². The Morgan fingerprint density at radius 2 is 1.72 bits per heavy atom. The predicted molar refractivity (Wildman–Crippen MR) is 73.9 cm³/mol. The zero-order valence-electron chi connectivity index (χ0n) is 9.63. The van der Waals surface area contributed by atoms with E-state index in [4.69, 9.17) is 39.9 Å². The molecule has 1 fully saturated rings. The predicted octanol–water partition coefficient (Wildman–Crippen LogP) is 5.02. The van der Waals surface area contributed by atoms with Crippen LogP contribution in [0.3, 0.4) is 0 Å². The van der Waals surface area contributed by atoms with Crippen LogP contribution in [-0.4, -0.2) is 11.1 Å². The van der Waals surface area contributed by atoms with Crippen molar-refractivity contribution in [2.45, 2.75) is 37.0 Å². The molecule has 98 valence electrons. The van der Waals surface area contributed by atoms with E-state index in [0.717, 1.165) is 18.4 Å². The van der Waals surface area contributed by atoms with Gasteiger partial charge in [-0.15, -0.1) is 11.6 Å². The van der Waals surface area contributed by atoms with Gasteiger partial charge in [-0.2, -0.15) is 0 Å². The first-order valence-corrected chi connectivity index (χ1v) is 7.05. The summed E-state index contributed by atoms with van der Waals surface area (Å²) in [6.07, 6.45) is 4.54. The first kappa shape index (κ1) is 14.0. The van der Waals surface area contributed by atoms with Crippen molar-refractivity contribution >= 4 is 40.8 Å². The van der Waals surface area contributed by atoms with Crippen molar-refractivity contribution in [3.63, 3.8) is 0 Å². The van der Waals surface area contributed by atoms with Crippen LogP contribution < -0.4 is 0 Å². The molecule has 1 N–H and O–H groups in total. The zero-order valence-corrected chi connectivity index (χ0v) is 11.9. The molecule has 0 radical (unpaired) electrons. The van der Waals surface area contributed by atoms with Crippen molar-refractivity contribution in [3.05, 3.63) is 33.3 Å². The van der Waals surface area contributed by atoms with E-state index < -0.39 is 11.3 Å². The van der Waals surface area contributed by atoms with Crippen LogP contribution in [0.5, 0.6) is 0 Å². The van der Waals surface area contributed by atoms with Crippen LogP contribution in [-0.2, 0) is 4.79 Å². The number of alkyl halides is 1. The van der Waals surface area contributed by atoms with Crippen molar-refractivity contribution in [2.24, 2.45) is 0 Å². The summed E-state index contributed by atoms with van der Waals surface area (Å²) >= 11 is 18.2. The third-order valence-electron chi connectivity index (χ3n) is 3.37. The molecule has 1 aromatic carbocycles. The van der Waals surface area contributed by atoms with Gasteiger partial charge in [-0.1, -0.05) is 36.0 Å². The maximum absolute atomic E-state index is 10.8. The van der Waals surface area contributed by atoms with Crippen LogP contribution in [0.2, 0.25) is 10.0 Å². The van der Waals surface area contributed by atoms with Gasteiger partial charge in [0.25, 0.3) is 0 Å². The molecule has 0 bridgehead atoms. The van der Waals surface area contributed by atoms with Crippen LogP contribution in [0, 0.1) is 0 Å². The molecule has 1 aliphatic carbocycles. The molecule has 0 spiro atoms.